The standard InChI is InChI=1S/C17H11N3O6S2/c1-18-16(21)15(28-17(18)27)8-10-2-5-12(6-3-10)26-14-7-4-11(19(22)23)9-13(14)20(24)25/h2-9H,1H3/b15-8+. The second-order valence-electron chi connectivity index (χ2n) is 5.58. The Labute approximate surface area is 167 Å². The van der Waals surface area contributed by atoms with Crippen molar-refractivity contribution >= 4 is 51.7 Å². The van der Waals surface area contributed by atoms with Gasteiger partial charge < -0.3 is 4.74 Å². The number of benzene rings is 2. The van der Waals surface area contributed by atoms with Crippen LogP contribution in [-0.2, 0) is 4.79 Å². The molecule has 9 nitrogen and oxygen atoms in total. The molecule has 1 aliphatic heterocycles. The first-order chi connectivity index (χ1) is 13.3. The summed E-state index contributed by atoms with van der Waals surface area (Å²) in [6.07, 6.45) is 1.68. The second-order valence-corrected chi connectivity index (χ2v) is 7.25. The fourth-order valence-electron chi connectivity index (χ4n) is 2.30. The number of likely N-dealkylation sites (N-methyl/N-ethyl adjacent to an activating group) is 1. The lowest BCUT2D eigenvalue weighted by Gasteiger charge is -2.07. The number of rotatable bonds is 5. The van der Waals surface area contributed by atoms with Crippen LogP contribution in [0.2, 0.25) is 0 Å². The summed E-state index contributed by atoms with van der Waals surface area (Å²) in [6, 6.07) is 9.65. The lowest BCUT2D eigenvalue weighted by atomic mass is 10.2. The quantitative estimate of drug-likeness (QED) is 0.309. The summed E-state index contributed by atoms with van der Waals surface area (Å²) in [7, 11) is 1.60. The Morgan fingerprint density at radius 1 is 1.11 bits per heavy atom. The van der Waals surface area contributed by atoms with Crippen LogP contribution in [-0.4, -0.2) is 32.0 Å². The molecular formula is C17H11N3O6S2. The molecule has 2 aromatic carbocycles. The third-order valence-corrected chi connectivity index (χ3v) is 5.23. The topological polar surface area (TPSA) is 116 Å². The van der Waals surface area contributed by atoms with Gasteiger partial charge in [-0.3, -0.25) is 29.9 Å². The smallest absolute Gasteiger partial charge is 0.318 e. The first kappa shape index (κ1) is 19.5. The zero-order valence-electron chi connectivity index (χ0n) is 14.2. The maximum absolute atomic E-state index is 12.0. The summed E-state index contributed by atoms with van der Waals surface area (Å²) in [4.78, 5) is 34.4. The van der Waals surface area contributed by atoms with Crippen molar-refractivity contribution < 1.29 is 19.4 Å². The van der Waals surface area contributed by atoms with Gasteiger partial charge in [0.25, 0.3) is 11.6 Å². The molecule has 1 heterocycles. The first-order valence-corrected chi connectivity index (χ1v) is 8.91. The number of thioether (sulfide) groups is 1. The lowest BCUT2D eigenvalue weighted by molar-refractivity contribution is -0.394. The molecule has 1 fully saturated rings. The van der Waals surface area contributed by atoms with Crippen molar-refractivity contribution in [1.82, 2.24) is 4.90 Å². The highest BCUT2D eigenvalue weighted by Crippen LogP contribution is 2.35. The molecule has 1 saturated heterocycles. The number of nitrogens with zero attached hydrogens (tertiary/aromatic N) is 3. The van der Waals surface area contributed by atoms with E-state index in [4.69, 9.17) is 17.0 Å². The SMILES string of the molecule is CN1C(=O)/C(=C\c2ccc(Oc3ccc([N+](=O)[O-])cc3[N+](=O)[O-])cc2)SC1=S. The van der Waals surface area contributed by atoms with Crippen molar-refractivity contribution in [3.63, 3.8) is 0 Å². The van der Waals surface area contributed by atoms with Crippen molar-refractivity contribution in [1.29, 1.82) is 0 Å². The van der Waals surface area contributed by atoms with Gasteiger partial charge >= 0.3 is 5.69 Å². The van der Waals surface area contributed by atoms with E-state index in [2.05, 4.69) is 0 Å². The molecule has 0 unspecified atom stereocenters. The molecule has 28 heavy (non-hydrogen) atoms. The van der Waals surface area contributed by atoms with E-state index in [1.165, 1.54) is 22.7 Å². The highest BCUT2D eigenvalue weighted by atomic mass is 32.2. The van der Waals surface area contributed by atoms with E-state index >= 15 is 0 Å². The van der Waals surface area contributed by atoms with Crippen molar-refractivity contribution in [2.45, 2.75) is 0 Å². The number of nitro benzene ring substituents is 2. The summed E-state index contributed by atoms with van der Waals surface area (Å²) < 4.78 is 5.97. The predicted molar refractivity (Wildman–Crippen MR) is 107 cm³/mol. The van der Waals surface area contributed by atoms with Gasteiger partial charge in [-0.1, -0.05) is 36.1 Å². The van der Waals surface area contributed by atoms with E-state index in [1.54, 1.807) is 37.4 Å². The van der Waals surface area contributed by atoms with Crippen LogP contribution in [0.15, 0.2) is 47.4 Å². The largest absolute Gasteiger partial charge is 0.450 e. The molecule has 0 spiro atoms. The Morgan fingerprint density at radius 2 is 1.79 bits per heavy atom. The fourth-order valence-corrected chi connectivity index (χ4v) is 3.48. The highest BCUT2D eigenvalue weighted by Gasteiger charge is 2.28. The van der Waals surface area contributed by atoms with Crippen LogP contribution >= 0.6 is 24.0 Å². The minimum atomic E-state index is -0.747. The van der Waals surface area contributed by atoms with Gasteiger partial charge in [0.1, 0.15) is 10.1 Å². The van der Waals surface area contributed by atoms with Crippen LogP contribution in [0.5, 0.6) is 11.5 Å². The Hall–Kier alpha value is -3.31. The van der Waals surface area contributed by atoms with Crippen LogP contribution in [0.25, 0.3) is 6.08 Å². The monoisotopic (exact) mass is 417 g/mol. The molecule has 2 aromatic rings. The first-order valence-electron chi connectivity index (χ1n) is 7.68. The van der Waals surface area contributed by atoms with Gasteiger partial charge in [-0.2, -0.15) is 0 Å². The second kappa shape index (κ2) is 7.74. The molecule has 0 atom stereocenters. The number of hydrogen-bond donors (Lipinski definition) is 0. The third kappa shape index (κ3) is 4.00. The number of thiocarbonyl (C=S) groups is 1. The number of carbonyl (C=O) groups is 1. The number of nitro groups is 2. The predicted octanol–water partition coefficient (Wildman–Crippen LogP) is 4.13. The summed E-state index contributed by atoms with van der Waals surface area (Å²) >= 11 is 6.27. The summed E-state index contributed by atoms with van der Waals surface area (Å²) in [5.74, 6) is 0.00387. The molecule has 3 rings (SSSR count). The van der Waals surface area contributed by atoms with E-state index in [-0.39, 0.29) is 11.7 Å². The minimum absolute atomic E-state index is 0.116. The molecule has 1 amide bonds. The average Bonchev–Trinajstić information content (AvgIpc) is 2.90. The van der Waals surface area contributed by atoms with E-state index in [0.29, 0.717) is 15.0 Å². The summed E-state index contributed by atoms with van der Waals surface area (Å²) in [6.45, 7) is 0. The molecule has 1 aliphatic rings. The average molecular weight is 417 g/mol. The van der Waals surface area contributed by atoms with Crippen molar-refractivity contribution in [2.24, 2.45) is 0 Å². The van der Waals surface area contributed by atoms with E-state index in [1.807, 2.05) is 0 Å². The molecule has 11 heteroatoms. The van der Waals surface area contributed by atoms with Gasteiger partial charge in [0, 0.05) is 13.1 Å². The molecule has 0 aliphatic carbocycles. The third-order valence-electron chi connectivity index (χ3n) is 3.74. The zero-order chi connectivity index (χ0) is 20.4. The molecule has 0 aromatic heterocycles. The van der Waals surface area contributed by atoms with Gasteiger partial charge in [-0.05, 0) is 29.8 Å². The van der Waals surface area contributed by atoms with Crippen LogP contribution in [0.4, 0.5) is 11.4 Å². The van der Waals surface area contributed by atoms with E-state index in [9.17, 15) is 25.0 Å². The number of non-ortho nitro benzene ring substituents is 1. The minimum Gasteiger partial charge on any atom is -0.450 e. The maximum Gasteiger partial charge on any atom is 0.318 e. The maximum atomic E-state index is 12.0. The highest BCUT2D eigenvalue weighted by molar-refractivity contribution is 8.26. The van der Waals surface area contributed by atoms with Gasteiger partial charge in [0.15, 0.2) is 0 Å². The molecule has 0 radical (unpaired) electrons. The Balaban J connectivity index is 1.82. The van der Waals surface area contributed by atoms with Gasteiger partial charge in [0.05, 0.1) is 20.8 Å². The molecule has 0 saturated carbocycles. The summed E-state index contributed by atoms with van der Waals surface area (Å²) in [5.41, 5.74) is -0.188. The van der Waals surface area contributed by atoms with Gasteiger partial charge in [0.2, 0.25) is 5.75 Å². The number of amides is 1. The fraction of sp³-hybridized carbons (Fsp3) is 0.0588. The molecule has 142 valence electrons. The Kier molecular flexibility index (Phi) is 5.38. The number of carbonyl (C=O) groups excluding carboxylic acids is 1. The lowest BCUT2D eigenvalue weighted by Crippen LogP contribution is -2.22. The van der Waals surface area contributed by atoms with Gasteiger partial charge in [-0.15, -0.1) is 0 Å². The van der Waals surface area contributed by atoms with Gasteiger partial charge in [-0.25, -0.2) is 0 Å². The normalized spacial score (nSPS) is 15.2. The molecule has 0 bridgehead atoms. The molecular weight excluding hydrogens is 406 g/mol. The molecule has 0 N–H and O–H groups in total. The van der Waals surface area contributed by atoms with E-state index < -0.39 is 21.2 Å². The van der Waals surface area contributed by atoms with Crippen molar-refractivity contribution in [3.8, 4) is 11.5 Å². The summed E-state index contributed by atoms with van der Waals surface area (Å²) in [5, 5.41) is 22.0. The van der Waals surface area contributed by atoms with Crippen molar-refractivity contribution in [2.75, 3.05) is 7.05 Å². The Bertz CT molecular complexity index is 1040. The van der Waals surface area contributed by atoms with Crippen LogP contribution in [0.1, 0.15) is 5.56 Å². The van der Waals surface area contributed by atoms with Crippen molar-refractivity contribution in [3.05, 3.63) is 73.2 Å². The van der Waals surface area contributed by atoms with Crippen LogP contribution in [0, 0.1) is 20.2 Å². The van der Waals surface area contributed by atoms with Crippen LogP contribution in [0.3, 0.4) is 0 Å². The van der Waals surface area contributed by atoms with E-state index in [0.717, 1.165) is 17.7 Å². The Morgan fingerprint density at radius 3 is 2.32 bits per heavy atom. The zero-order valence-corrected chi connectivity index (χ0v) is 15.9. The number of ether oxygens (including phenoxy) is 1. The van der Waals surface area contributed by atoms with Crippen LogP contribution < -0.4 is 4.74 Å². The number of hydrogen-bond acceptors (Lipinski definition) is 8.